The summed E-state index contributed by atoms with van der Waals surface area (Å²) < 4.78 is 6.60. The van der Waals surface area contributed by atoms with Crippen molar-refractivity contribution < 1.29 is 4.42 Å². The number of hydrogen-bond acceptors (Lipinski definition) is 2. The summed E-state index contributed by atoms with van der Waals surface area (Å²) in [6.45, 7) is 0. The molecule has 1 aromatic heterocycles. The van der Waals surface area contributed by atoms with Gasteiger partial charge in [-0.2, -0.15) is 0 Å². The summed E-state index contributed by atoms with van der Waals surface area (Å²) in [5.74, 6) is 0. The molecular weight excluding hydrogens is 951 g/mol. The van der Waals surface area contributed by atoms with E-state index in [1.807, 2.05) is 53.4 Å². The third kappa shape index (κ3) is 7.45. The number of fused-ring (bicyclic) bond motifs is 8. The summed E-state index contributed by atoms with van der Waals surface area (Å²) in [5.41, 5.74) is 11.2. The molecule has 1 heterocycles. The summed E-state index contributed by atoms with van der Waals surface area (Å²) >= 11 is 0. The van der Waals surface area contributed by atoms with Gasteiger partial charge in [0.2, 0.25) is 0 Å². The summed E-state index contributed by atoms with van der Waals surface area (Å²) in [7, 11) is 88.7. The highest BCUT2D eigenvalue weighted by molar-refractivity contribution is 6.72. The van der Waals surface area contributed by atoms with Crippen LogP contribution in [0.4, 0.5) is 17.1 Å². The molecule has 0 fully saturated rings. The first-order valence-electron chi connectivity index (χ1n) is 25.8. The van der Waals surface area contributed by atoms with Crippen LogP contribution in [0.2, 0.25) is 0 Å². The minimum Gasteiger partial charge on any atom is -0.455 e. The van der Waals surface area contributed by atoms with Crippen LogP contribution in [0.1, 0.15) is 22.3 Å². The van der Waals surface area contributed by atoms with E-state index in [1.54, 1.807) is 0 Å². The minimum absolute atomic E-state index is 0.000733. The number of hydrogen-bond donors (Lipinski definition) is 0. The molecule has 0 amide bonds. The number of furan rings is 1. The van der Waals surface area contributed by atoms with Crippen LogP contribution in [0.3, 0.4) is 0 Å². The molecule has 1 aliphatic rings. The SMILES string of the molecule is [B]c1c([B])c([B])c(-c2c([B])c([B])c(-c3c([B])c([B])c(N(c4ccc(-c5cccc6oc7c8ccccc8ccc7c56)cc4)c4ccc5c(c4)C(c4ccccc4)(c4ccccc4)c4ccccc4-5)c([B])c3[B])c([B])c2[B])c([B])c1[B]. The van der Waals surface area contributed by atoms with E-state index in [1.165, 1.54) is 0 Å². The molecule has 2 nitrogen and oxygen atoms in total. The van der Waals surface area contributed by atoms with Crippen LogP contribution in [0.15, 0.2) is 186 Å². The lowest BCUT2D eigenvalue weighted by molar-refractivity contribution is 0.673. The molecule has 0 bridgehead atoms. The fraction of sp³-hybridized carbons (Fsp3) is 0.0154. The molecule has 0 saturated carbocycles. The summed E-state index contributed by atoms with van der Waals surface area (Å²) in [5, 5.41) is 4.15. The highest BCUT2D eigenvalue weighted by Gasteiger charge is 2.46. The van der Waals surface area contributed by atoms with Crippen molar-refractivity contribution in [1.29, 1.82) is 0 Å². The summed E-state index contributed by atoms with van der Waals surface area (Å²) in [6, 6.07) is 62.8. The molecular formula is C65H30B13NO. The molecule has 13 rings (SSSR count). The lowest BCUT2D eigenvalue weighted by Crippen LogP contribution is -2.57. The van der Waals surface area contributed by atoms with Crippen LogP contribution >= 0.6 is 0 Å². The quantitative estimate of drug-likeness (QED) is 0.217. The average molecular weight is 982 g/mol. The number of benzene rings is 11. The third-order valence-corrected chi connectivity index (χ3v) is 16.2. The first kappa shape index (κ1) is 51.6. The lowest BCUT2D eigenvalue weighted by atomic mass is 9.55. The van der Waals surface area contributed by atoms with Gasteiger partial charge in [0.05, 0.1) is 5.41 Å². The molecule has 0 saturated heterocycles. The van der Waals surface area contributed by atoms with E-state index in [0.717, 1.165) is 77.2 Å². The van der Waals surface area contributed by atoms with E-state index in [2.05, 4.69) is 133 Å². The van der Waals surface area contributed by atoms with Gasteiger partial charge in [0, 0.05) is 33.2 Å². The number of nitrogens with zero attached hydrogens (tertiary/aromatic N) is 1. The first-order valence-corrected chi connectivity index (χ1v) is 25.8. The zero-order valence-corrected chi connectivity index (χ0v) is 43.2. The van der Waals surface area contributed by atoms with Crippen LogP contribution in [-0.2, 0) is 5.41 Å². The molecule has 0 spiro atoms. The van der Waals surface area contributed by atoms with E-state index < -0.39 is 5.41 Å². The monoisotopic (exact) mass is 983 g/mol. The molecule has 80 heavy (non-hydrogen) atoms. The Kier molecular flexibility index (Phi) is 12.5. The zero-order valence-electron chi connectivity index (χ0n) is 43.2. The van der Waals surface area contributed by atoms with E-state index in [0.29, 0.717) is 17.1 Å². The zero-order chi connectivity index (χ0) is 55.6. The summed E-state index contributed by atoms with van der Waals surface area (Å²) in [6.07, 6.45) is 0. The Bertz CT molecular complexity index is 4450. The van der Waals surface area contributed by atoms with Gasteiger partial charge < -0.3 is 9.32 Å². The van der Waals surface area contributed by atoms with E-state index in [-0.39, 0.29) is 93.3 Å². The van der Waals surface area contributed by atoms with E-state index >= 15 is 0 Å². The predicted molar refractivity (Wildman–Crippen MR) is 350 cm³/mol. The van der Waals surface area contributed by atoms with Gasteiger partial charge in [-0.3, -0.25) is 0 Å². The molecule has 0 aliphatic heterocycles. The number of rotatable bonds is 8. The Morgan fingerprint density at radius 2 is 0.787 bits per heavy atom. The standard InChI is InChI=1S/C65H30B13NO/c66-50-46(48-54(70)58(74)60(76)59(75)55(48)71)51(67)53(69)47(52(50)68)49-56(72)61(77)63(62(78)57(49)73)79(35-25-22-32(23-26-35)37-19-11-21-44-45(37)41-28-24-31-12-7-8-17-38(31)64(41)80-44)36-27-29-40-39-18-9-10-20-42(39)65(43(40)30-36,33-13-3-1-4-14-33)34-15-5-2-6-16-34/h1-30H. The van der Waals surface area contributed by atoms with Crippen molar-refractivity contribution in [2.24, 2.45) is 0 Å². The Morgan fingerprint density at radius 3 is 1.38 bits per heavy atom. The number of anilines is 3. The van der Waals surface area contributed by atoms with Crippen molar-refractivity contribution >= 4 is 223 Å². The Labute approximate surface area is 483 Å². The van der Waals surface area contributed by atoms with Gasteiger partial charge in [0.25, 0.3) is 0 Å². The second kappa shape index (κ2) is 19.4. The Morgan fingerprint density at radius 1 is 0.325 bits per heavy atom. The largest absolute Gasteiger partial charge is 0.455 e. The second-order valence-corrected chi connectivity index (χ2v) is 20.3. The van der Waals surface area contributed by atoms with Crippen molar-refractivity contribution in [2.75, 3.05) is 4.90 Å². The van der Waals surface area contributed by atoms with Gasteiger partial charge in [0.1, 0.15) is 113 Å². The van der Waals surface area contributed by atoms with Crippen LogP contribution in [0.25, 0.3) is 77.2 Å². The van der Waals surface area contributed by atoms with E-state index in [4.69, 9.17) is 106 Å². The fourth-order valence-electron chi connectivity index (χ4n) is 12.4. The fourth-order valence-corrected chi connectivity index (χ4v) is 12.4. The van der Waals surface area contributed by atoms with Crippen LogP contribution in [0, 0.1) is 0 Å². The maximum absolute atomic E-state index is 7.40. The van der Waals surface area contributed by atoms with Gasteiger partial charge in [-0.05, 0) is 109 Å². The van der Waals surface area contributed by atoms with Crippen LogP contribution in [-0.4, -0.2) is 102 Å². The highest BCUT2D eigenvalue weighted by atomic mass is 16.3. The molecule has 15 heteroatoms. The molecule has 12 aromatic rings. The Hall–Kier alpha value is -7.88. The predicted octanol–water partition coefficient (Wildman–Crippen LogP) is 1.89. The summed E-state index contributed by atoms with van der Waals surface area (Å²) in [4.78, 5) is 1.98. The van der Waals surface area contributed by atoms with Crippen LogP contribution in [0.5, 0.6) is 0 Å². The normalized spacial score (nSPS) is 12.5. The molecule has 0 atom stereocenters. The van der Waals surface area contributed by atoms with Gasteiger partial charge in [-0.15, -0.1) is 16.4 Å². The van der Waals surface area contributed by atoms with Gasteiger partial charge in [-0.1, -0.05) is 200 Å². The smallest absolute Gasteiger partial charge is 0.143 e. The highest BCUT2D eigenvalue weighted by Crippen LogP contribution is 2.57. The van der Waals surface area contributed by atoms with Crippen molar-refractivity contribution in [3.8, 4) is 44.5 Å². The first-order chi connectivity index (χ1) is 38.6. The van der Waals surface area contributed by atoms with Crippen molar-refractivity contribution in [2.45, 2.75) is 5.41 Å². The van der Waals surface area contributed by atoms with Crippen LogP contribution < -0.4 is 75.9 Å². The molecule has 340 valence electrons. The molecule has 1 aliphatic carbocycles. The second-order valence-electron chi connectivity index (χ2n) is 20.3. The lowest BCUT2D eigenvalue weighted by Gasteiger charge is -2.36. The van der Waals surface area contributed by atoms with Crippen molar-refractivity contribution in [3.05, 3.63) is 204 Å². The molecule has 11 aromatic carbocycles. The van der Waals surface area contributed by atoms with E-state index in [9.17, 15) is 0 Å². The maximum Gasteiger partial charge on any atom is 0.143 e. The van der Waals surface area contributed by atoms with Crippen molar-refractivity contribution in [3.63, 3.8) is 0 Å². The Balaban J connectivity index is 1.04. The molecule has 26 radical (unpaired) electrons. The topological polar surface area (TPSA) is 16.4 Å². The maximum atomic E-state index is 7.40. The molecule has 0 N–H and O–H groups in total. The van der Waals surface area contributed by atoms with Gasteiger partial charge in [0.15, 0.2) is 0 Å². The third-order valence-electron chi connectivity index (χ3n) is 16.2. The minimum atomic E-state index is -0.753. The van der Waals surface area contributed by atoms with Gasteiger partial charge in [-0.25, -0.2) is 0 Å². The van der Waals surface area contributed by atoms with Crippen molar-refractivity contribution in [1.82, 2.24) is 0 Å². The van der Waals surface area contributed by atoms with Gasteiger partial charge >= 0.3 is 0 Å². The average Bonchev–Trinajstić information content (AvgIpc) is 4.18. The molecule has 0 unspecified atom stereocenters.